The SMILES string of the molecule is O=C(O)C1(CSO)CC2OPOC2C1. The van der Waals surface area contributed by atoms with Crippen LogP contribution in [0.25, 0.3) is 0 Å². The van der Waals surface area contributed by atoms with E-state index in [0.717, 1.165) is 0 Å². The van der Waals surface area contributed by atoms with Gasteiger partial charge in [0.2, 0.25) is 0 Å². The summed E-state index contributed by atoms with van der Waals surface area (Å²) >= 11 is 0.575. The molecular formula is C7H11O5PS. The van der Waals surface area contributed by atoms with Gasteiger partial charge in [0.25, 0.3) is 0 Å². The van der Waals surface area contributed by atoms with Crippen molar-refractivity contribution in [1.29, 1.82) is 0 Å². The molecule has 1 saturated heterocycles. The van der Waals surface area contributed by atoms with Crippen LogP contribution < -0.4 is 0 Å². The number of hydrogen-bond donors (Lipinski definition) is 2. The maximum Gasteiger partial charge on any atom is 0.310 e. The Labute approximate surface area is 87.3 Å². The lowest BCUT2D eigenvalue weighted by atomic mass is 9.88. The summed E-state index contributed by atoms with van der Waals surface area (Å²) in [5, 5.41) is 9.12. The van der Waals surface area contributed by atoms with Crippen molar-refractivity contribution in [1.82, 2.24) is 0 Å². The van der Waals surface area contributed by atoms with Gasteiger partial charge in [-0.2, -0.15) is 0 Å². The second-order valence-corrected chi connectivity index (χ2v) is 4.85. The Kier molecular flexibility index (Phi) is 3.00. The molecule has 0 aromatic heterocycles. The molecule has 2 unspecified atom stereocenters. The number of carboxylic acids is 1. The number of carboxylic acid groups (broad SMARTS) is 1. The van der Waals surface area contributed by atoms with E-state index in [2.05, 4.69) is 0 Å². The summed E-state index contributed by atoms with van der Waals surface area (Å²) in [6.07, 6.45) is 0.675. The maximum atomic E-state index is 11.1. The highest BCUT2D eigenvalue weighted by Crippen LogP contribution is 2.50. The Morgan fingerprint density at radius 3 is 2.50 bits per heavy atom. The predicted octanol–water partition coefficient (Wildman–Crippen LogP) is 1.35. The molecule has 0 aromatic rings. The van der Waals surface area contributed by atoms with Crippen LogP contribution in [-0.4, -0.2) is 33.6 Å². The van der Waals surface area contributed by atoms with Crippen LogP contribution in [0, 0.1) is 5.41 Å². The first kappa shape index (κ1) is 10.6. The first-order valence-corrected chi connectivity index (χ1v) is 6.00. The van der Waals surface area contributed by atoms with Crippen molar-refractivity contribution in [3.8, 4) is 0 Å². The van der Waals surface area contributed by atoms with Gasteiger partial charge >= 0.3 is 5.97 Å². The van der Waals surface area contributed by atoms with Crippen LogP contribution in [0.5, 0.6) is 0 Å². The summed E-state index contributed by atoms with van der Waals surface area (Å²) in [7, 11) is 0.0368. The Balaban J connectivity index is 2.11. The van der Waals surface area contributed by atoms with E-state index in [9.17, 15) is 4.79 Å². The van der Waals surface area contributed by atoms with Crippen molar-refractivity contribution >= 4 is 27.0 Å². The number of carbonyl (C=O) groups is 1. The van der Waals surface area contributed by atoms with Gasteiger partial charge in [0, 0.05) is 5.75 Å². The molecule has 0 amide bonds. The van der Waals surface area contributed by atoms with E-state index in [0.29, 0.717) is 24.9 Å². The number of aliphatic carboxylic acids is 1. The van der Waals surface area contributed by atoms with Gasteiger partial charge in [0.05, 0.1) is 17.6 Å². The highest BCUT2D eigenvalue weighted by molar-refractivity contribution is 7.93. The summed E-state index contributed by atoms with van der Waals surface area (Å²) in [6, 6.07) is 0. The minimum Gasteiger partial charge on any atom is -0.481 e. The molecule has 80 valence electrons. The summed E-state index contributed by atoms with van der Waals surface area (Å²) in [5.74, 6) is -0.672. The van der Waals surface area contributed by atoms with Crippen LogP contribution >= 0.6 is 21.1 Å². The van der Waals surface area contributed by atoms with E-state index >= 15 is 0 Å². The van der Waals surface area contributed by atoms with Crippen LogP contribution in [0.2, 0.25) is 0 Å². The zero-order chi connectivity index (χ0) is 10.2. The van der Waals surface area contributed by atoms with E-state index in [1.807, 2.05) is 0 Å². The largest absolute Gasteiger partial charge is 0.481 e. The van der Waals surface area contributed by atoms with Crippen molar-refractivity contribution in [3.05, 3.63) is 0 Å². The molecule has 0 radical (unpaired) electrons. The van der Waals surface area contributed by atoms with Gasteiger partial charge in [-0.15, -0.1) is 0 Å². The summed E-state index contributed by atoms with van der Waals surface area (Å²) in [4.78, 5) is 11.1. The van der Waals surface area contributed by atoms with Crippen LogP contribution in [-0.2, 0) is 13.8 Å². The average Bonchev–Trinajstić information content (AvgIpc) is 2.62. The molecule has 14 heavy (non-hydrogen) atoms. The second-order valence-electron chi connectivity index (χ2n) is 3.66. The zero-order valence-electron chi connectivity index (χ0n) is 7.30. The fraction of sp³-hybridized carbons (Fsp3) is 0.857. The molecule has 1 aliphatic carbocycles. The Hall–Kier alpha value is 0.130. The monoisotopic (exact) mass is 238 g/mol. The van der Waals surface area contributed by atoms with E-state index in [1.165, 1.54) is 0 Å². The molecule has 0 aromatic carbocycles. The normalized spacial score (nSPS) is 42.9. The molecule has 0 spiro atoms. The molecule has 1 heterocycles. The van der Waals surface area contributed by atoms with Crippen LogP contribution in [0.1, 0.15) is 12.8 Å². The van der Waals surface area contributed by atoms with Gasteiger partial charge in [0.15, 0.2) is 9.03 Å². The van der Waals surface area contributed by atoms with E-state index in [4.69, 9.17) is 18.7 Å². The van der Waals surface area contributed by atoms with Gasteiger partial charge in [-0.1, -0.05) is 0 Å². The molecule has 5 nitrogen and oxygen atoms in total. The second kappa shape index (κ2) is 3.94. The topological polar surface area (TPSA) is 76.0 Å². The minimum atomic E-state index is -0.875. The van der Waals surface area contributed by atoms with E-state index in [-0.39, 0.29) is 27.0 Å². The fourth-order valence-corrected chi connectivity index (χ4v) is 3.36. The smallest absolute Gasteiger partial charge is 0.310 e. The highest BCUT2D eigenvalue weighted by atomic mass is 32.2. The molecule has 7 heteroatoms. The lowest BCUT2D eigenvalue weighted by Crippen LogP contribution is -2.32. The van der Waals surface area contributed by atoms with Gasteiger partial charge in [0.1, 0.15) is 0 Å². The van der Waals surface area contributed by atoms with Crippen molar-refractivity contribution in [3.63, 3.8) is 0 Å². The molecule has 2 N–H and O–H groups in total. The lowest BCUT2D eigenvalue weighted by Gasteiger charge is -2.22. The minimum absolute atomic E-state index is 0.0368. The third-order valence-corrected chi connectivity index (χ3v) is 4.27. The third-order valence-electron chi connectivity index (χ3n) is 2.79. The van der Waals surface area contributed by atoms with Crippen molar-refractivity contribution in [2.75, 3.05) is 5.75 Å². The van der Waals surface area contributed by atoms with Gasteiger partial charge in [-0.3, -0.25) is 4.79 Å². The summed E-state index contributed by atoms with van der Waals surface area (Å²) in [5.41, 5.74) is -0.875. The quantitative estimate of drug-likeness (QED) is 0.571. The molecule has 2 rings (SSSR count). The average molecular weight is 238 g/mol. The molecule has 1 aliphatic heterocycles. The van der Waals surface area contributed by atoms with E-state index in [1.54, 1.807) is 0 Å². The van der Waals surface area contributed by atoms with Crippen LogP contribution in [0.15, 0.2) is 0 Å². The lowest BCUT2D eigenvalue weighted by molar-refractivity contribution is -0.147. The van der Waals surface area contributed by atoms with Crippen LogP contribution in [0.4, 0.5) is 0 Å². The Morgan fingerprint density at radius 1 is 1.50 bits per heavy atom. The van der Waals surface area contributed by atoms with Gasteiger partial charge in [-0.05, 0) is 24.9 Å². The van der Waals surface area contributed by atoms with Crippen molar-refractivity contribution < 1.29 is 23.5 Å². The Morgan fingerprint density at radius 2 is 2.07 bits per heavy atom. The molecule has 2 atom stereocenters. The standard InChI is InChI=1S/C7H11O5PS/c8-6(9)7(3-14-10)1-4-5(2-7)12-13-11-4/h4-5,10,13H,1-3H2,(H,8,9). The molecule has 2 aliphatic rings. The molecule has 0 bridgehead atoms. The van der Waals surface area contributed by atoms with Gasteiger partial charge in [-0.25, -0.2) is 0 Å². The molecule has 2 fully saturated rings. The van der Waals surface area contributed by atoms with Crippen LogP contribution in [0.3, 0.4) is 0 Å². The first-order chi connectivity index (χ1) is 6.68. The first-order valence-electron chi connectivity index (χ1n) is 4.24. The number of rotatable bonds is 3. The number of fused-ring (bicyclic) bond motifs is 1. The summed E-state index contributed by atoms with van der Waals surface area (Å²) in [6.45, 7) is 0. The highest BCUT2D eigenvalue weighted by Gasteiger charge is 2.53. The Bertz CT molecular complexity index is 236. The third kappa shape index (κ3) is 1.66. The molecular weight excluding hydrogens is 227 g/mol. The fourth-order valence-electron chi connectivity index (χ4n) is 1.98. The van der Waals surface area contributed by atoms with Crippen molar-refractivity contribution in [2.24, 2.45) is 5.41 Å². The molecule has 1 saturated carbocycles. The van der Waals surface area contributed by atoms with Gasteiger partial charge < -0.3 is 18.7 Å². The zero-order valence-corrected chi connectivity index (χ0v) is 9.12. The van der Waals surface area contributed by atoms with E-state index < -0.39 is 11.4 Å². The maximum absolute atomic E-state index is 11.1. The summed E-state index contributed by atoms with van der Waals surface area (Å²) < 4.78 is 19.3. The van der Waals surface area contributed by atoms with Crippen molar-refractivity contribution in [2.45, 2.75) is 25.0 Å². The number of hydrogen-bond acceptors (Lipinski definition) is 5. The predicted molar refractivity (Wildman–Crippen MR) is 52.5 cm³/mol.